The highest BCUT2D eigenvalue weighted by molar-refractivity contribution is 7.89. The lowest BCUT2D eigenvalue weighted by Crippen LogP contribution is -2.29. The minimum absolute atomic E-state index is 0.0662. The molecule has 1 unspecified atom stereocenters. The maximum absolute atomic E-state index is 11.9. The van der Waals surface area contributed by atoms with Crippen molar-refractivity contribution in [3.8, 4) is 5.75 Å². The molecule has 1 aromatic rings. The van der Waals surface area contributed by atoms with Gasteiger partial charge in [0.25, 0.3) is 5.91 Å². The van der Waals surface area contributed by atoms with E-state index in [2.05, 4.69) is 4.72 Å². The molecule has 0 heterocycles. The fourth-order valence-corrected chi connectivity index (χ4v) is 2.48. The van der Waals surface area contributed by atoms with E-state index in [1.165, 1.54) is 39.3 Å². The Hall–Kier alpha value is -2.39. The molecule has 0 aromatic heterocycles. The quantitative estimate of drug-likeness (QED) is 0.532. The third-order valence-electron chi connectivity index (χ3n) is 2.85. The van der Waals surface area contributed by atoms with Crippen molar-refractivity contribution in [3.63, 3.8) is 0 Å². The van der Waals surface area contributed by atoms with Gasteiger partial charge < -0.3 is 15.2 Å². The number of carbonyl (C=O) groups is 2. The van der Waals surface area contributed by atoms with Gasteiger partial charge in [0.2, 0.25) is 10.0 Å². The van der Waals surface area contributed by atoms with E-state index in [4.69, 9.17) is 15.2 Å². The SMILES string of the molecule is CNS(=O)(=O)c1cc(/C=C/C(=O)OC(C)C(N)=O)ccc1OC. The summed E-state index contributed by atoms with van der Waals surface area (Å²) in [5.41, 5.74) is 5.41. The molecule has 0 radical (unpaired) electrons. The second kappa shape index (κ2) is 7.75. The number of benzene rings is 1. The summed E-state index contributed by atoms with van der Waals surface area (Å²) in [7, 11) is -1.09. The first kappa shape index (κ1) is 18.7. The van der Waals surface area contributed by atoms with Crippen molar-refractivity contribution in [2.45, 2.75) is 17.9 Å². The maximum atomic E-state index is 11.9. The van der Waals surface area contributed by atoms with Gasteiger partial charge >= 0.3 is 5.97 Å². The van der Waals surface area contributed by atoms with Gasteiger partial charge in [-0.1, -0.05) is 6.07 Å². The molecule has 126 valence electrons. The topological polar surface area (TPSA) is 125 Å². The zero-order valence-corrected chi connectivity index (χ0v) is 13.7. The number of ether oxygens (including phenoxy) is 2. The fourth-order valence-electron chi connectivity index (χ4n) is 1.55. The van der Waals surface area contributed by atoms with E-state index < -0.39 is 28.0 Å². The molecule has 0 fully saturated rings. The van der Waals surface area contributed by atoms with Crippen molar-refractivity contribution >= 4 is 28.0 Å². The Morgan fingerprint density at radius 2 is 2.00 bits per heavy atom. The van der Waals surface area contributed by atoms with Gasteiger partial charge in [-0.2, -0.15) is 0 Å². The van der Waals surface area contributed by atoms with Crippen molar-refractivity contribution in [2.24, 2.45) is 5.73 Å². The van der Waals surface area contributed by atoms with Crippen molar-refractivity contribution in [2.75, 3.05) is 14.2 Å². The Balaban J connectivity index is 3.02. The van der Waals surface area contributed by atoms with Crippen LogP contribution < -0.4 is 15.2 Å². The number of nitrogens with one attached hydrogen (secondary N) is 1. The predicted molar refractivity (Wildman–Crippen MR) is 83.0 cm³/mol. The number of amides is 1. The largest absolute Gasteiger partial charge is 0.495 e. The number of nitrogens with two attached hydrogens (primary N) is 1. The monoisotopic (exact) mass is 342 g/mol. The second-order valence-electron chi connectivity index (χ2n) is 4.43. The van der Waals surface area contributed by atoms with Crippen LogP contribution in [0.2, 0.25) is 0 Å². The number of hydrogen-bond donors (Lipinski definition) is 2. The molecule has 8 nitrogen and oxygen atoms in total. The first-order chi connectivity index (χ1) is 10.7. The summed E-state index contributed by atoms with van der Waals surface area (Å²) in [6.07, 6.45) is 1.37. The van der Waals surface area contributed by atoms with Gasteiger partial charge in [-0.15, -0.1) is 0 Å². The smallest absolute Gasteiger partial charge is 0.331 e. The Kier molecular flexibility index (Phi) is 6.28. The molecule has 0 spiro atoms. The first-order valence-corrected chi connectivity index (χ1v) is 7.99. The third-order valence-corrected chi connectivity index (χ3v) is 4.29. The Morgan fingerprint density at radius 3 is 2.52 bits per heavy atom. The van der Waals surface area contributed by atoms with Crippen LogP contribution in [-0.2, 0) is 24.3 Å². The standard InChI is InChI=1S/C14H18N2O6S/c1-9(14(15)18)22-13(17)7-5-10-4-6-11(21-3)12(8-10)23(19,20)16-2/h4-9,16H,1-3H3,(H2,15,18)/b7-5+. The van der Waals surface area contributed by atoms with Gasteiger partial charge in [-0.05, 0) is 37.7 Å². The van der Waals surface area contributed by atoms with Crippen molar-refractivity contribution in [3.05, 3.63) is 29.8 Å². The lowest BCUT2D eigenvalue weighted by atomic mass is 10.2. The van der Waals surface area contributed by atoms with Crippen molar-refractivity contribution in [1.29, 1.82) is 0 Å². The van der Waals surface area contributed by atoms with Gasteiger partial charge in [-0.3, -0.25) is 4.79 Å². The molecule has 1 aromatic carbocycles. The van der Waals surface area contributed by atoms with Crippen LogP contribution in [0.3, 0.4) is 0 Å². The number of rotatable bonds is 7. The highest BCUT2D eigenvalue weighted by Gasteiger charge is 2.18. The summed E-state index contributed by atoms with van der Waals surface area (Å²) in [6, 6.07) is 4.36. The van der Waals surface area contributed by atoms with E-state index >= 15 is 0 Å². The number of hydrogen-bond acceptors (Lipinski definition) is 6. The normalized spacial score (nSPS) is 12.8. The van der Waals surface area contributed by atoms with Gasteiger partial charge in [0, 0.05) is 6.08 Å². The predicted octanol–water partition coefficient (Wildman–Crippen LogP) is 0.0335. The Bertz CT molecular complexity index is 727. The number of methoxy groups -OCH3 is 1. The molecule has 23 heavy (non-hydrogen) atoms. The van der Waals surface area contributed by atoms with Crippen LogP contribution in [0.5, 0.6) is 5.75 Å². The number of primary amides is 1. The Labute approximate surface area is 134 Å². The minimum atomic E-state index is -3.72. The first-order valence-electron chi connectivity index (χ1n) is 6.51. The number of esters is 1. The third kappa shape index (κ3) is 5.08. The molecule has 0 bridgehead atoms. The zero-order valence-electron chi connectivity index (χ0n) is 12.9. The molecule has 0 aliphatic carbocycles. The minimum Gasteiger partial charge on any atom is -0.495 e. The number of carbonyl (C=O) groups excluding carboxylic acids is 2. The van der Waals surface area contributed by atoms with E-state index in [9.17, 15) is 18.0 Å². The van der Waals surface area contributed by atoms with Gasteiger partial charge in [0.05, 0.1) is 7.11 Å². The molecule has 9 heteroatoms. The van der Waals surface area contributed by atoms with Crippen LogP contribution >= 0.6 is 0 Å². The number of sulfonamides is 1. The molecule has 0 saturated heterocycles. The molecule has 1 rings (SSSR count). The van der Waals surface area contributed by atoms with Crippen LogP contribution in [0.1, 0.15) is 12.5 Å². The lowest BCUT2D eigenvalue weighted by Gasteiger charge is -2.09. The van der Waals surface area contributed by atoms with Crippen molar-refractivity contribution < 1.29 is 27.5 Å². The highest BCUT2D eigenvalue weighted by atomic mass is 32.2. The molecule has 0 saturated carbocycles. The molecule has 3 N–H and O–H groups in total. The average Bonchev–Trinajstić information content (AvgIpc) is 2.52. The van der Waals surface area contributed by atoms with Crippen LogP contribution in [-0.4, -0.2) is 40.6 Å². The molecule has 1 amide bonds. The summed E-state index contributed by atoms with van der Waals surface area (Å²) < 4.78 is 35.8. The molecular weight excluding hydrogens is 324 g/mol. The second-order valence-corrected chi connectivity index (χ2v) is 6.29. The van der Waals surface area contributed by atoms with Gasteiger partial charge in [0.1, 0.15) is 10.6 Å². The average molecular weight is 342 g/mol. The summed E-state index contributed by atoms with van der Waals surface area (Å²) in [5.74, 6) is -1.37. The van der Waals surface area contributed by atoms with Gasteiger partial charge in [-0.25, -0.2) is 17.9 Å². The van der Waals surface area contributed by atoms with Crippen LogP contribution in [0, 0.1) is 0 Å². The van der Waals surface area contributed by atoms with Crippen LogP contribution in [0.25, 0.3) is 6.08 Å². The fraction of sp³-hybridized carbons (Fsp3) is 0.286. The summed E-state index contributed by atoms with van der Waals surface area (Å²) in [4.78, 5) is 22.3. The van der Waals surface area contributed by atoms with E-state index in [1.807, 2.05) is 0 Å². The van der Waals surface area contributed by atoms with Crippen LogP contribution in [0.4, 0.5) is 0 Å². The lowest BCUT2D eigenvalue weighted by molar-refractivity contribution is -0.148. The van der Waals surface area contributed by atoms with E-state index in [1.54, 1.807) is 6.07 Å². The molecule has 0 aliphatic heterocycles. The van der Waals surface area contributed by atoms with Crippen LogP contribution in [0.15, 0.2) is 29.2 Å². The Morgan fingerprint density at radius 1 is 1.35 bits per heavy atom. The summed E-state index contributed by atoms with van der Waals surface area (Å²) in [6.45, 7) is 1.35. The molecule has 1 atom stereocenters. The van der Waals surface area contributed by atoms with E-state index in [0.717, 1.165) is 6.08 Å². The molecular formula is C14H18N2O6S. The highest BCUT2D eigenvalue weighted by Crippen LogP contribution is 2.25. The van der Waals surface area contributed by atoms with E-state index in [-0.39, 0.29) is 10.6 Å². The molecule has 0 aliphatic rings. The zero-order chi connectivity index (χ0) is 17.6. The van der Waals surface area contributed by atoms with Gasteiger partial charge in [0.15, 0.2) is 6.10 Å². The van der Waals surface area contributed by atoms with E-state index in [0.29, 0.717) is 5.56 Å². The summed E-state index contributed by atoms with van der Waals surface area (Å²) >= 11 is 0. The summed E-state index contributed by atoms with van der Waals surface area (Å²) in [5, 5.41) is 0. The maximum Gasteiger partial charge on any atom is 0.331 e. The van der Waals surface area contributed by atoms with Crippen molar-refractivity contribution in [1.82, 2.24) is 4.72 Å².